The van der Waals surface area contributed by atoms with Crippen molar-refractivity contribution in [2.45, 2.75) is 6.04 Å². The first kappa shape index (κ1) is 12.3. The number of anilines is 1. The van der Waals surface area contributed by atoms with Gasteiger partial charge < -0.3 is 20.5 Å². The molecule has 0 unspecified atom stereocenters. The molecule has 5 heteroatoms. The topological polar surface area (TPSA) is 58.7 Å². The van der Waals surface area contributed by atoms with Gasteiger partial charge in [-0.05, 0) is 12.1 Å². The first-order chi connectivity index (χ1) is 8.22. The molecule has 1 saturated heterocycles. The van der Waals surface area contributed by atoms with E-state index in [1.165, 1.54) is 6.07 Å². The first-order valence-corrected chi connectivity index (χ1v) is 5.71. The van der Waals surface area contributed by atoms with Crippen molar-refractivity contribution in [2.24, 2.45) is 5.73 Å². The third-order valence-corrected chi connectivity index (χ3v) is 2.96. The molecule has 4 nitrogen and oxygen atoms in total. The number of benzene rings is 1. The molecule has 2 rings (SSSR count). The van der Waals surface area contributed by atoms with Crippen molar-refractivity contribution in [1.29, 1.82) is 0 Å². The molecular formula is C12H17FN2O2. The zero-order chi connectivity index (χ0) is 12.3. The summed E-state index contributed by atoms with van der Waals surface area (Å²) in [6.07, 6.45) is 0. The van der Waals surface area contributed by atoms with Crippen LogP contribution in [-0.4, -0.2) is 38.0 Å². The molecule has 0 spiro atoms. The van der Waals surface area contributed by atoms with Gasteiger partial charge in [0.25, 0.3) is 0 Å². The Morgan fingerprint density at radius 1 is 1.41 bits per heavy atom. The third kappa shape index (κ3) is 2.74. The summed E-state index contributed by atoms with van der Waals surface area (Å²) in [4.78, 5) is 2.07. The molecule has 0 aliphatic carbocycles. The molecule has 1 atom stereocenters. The summed E-state index contributed by atoms with van der Waals surface area (Å²) in [5.41, 5.74) is 6.78. The number of ether oxygens (including phenoxy) is 1. The molecule has 0 bridgehead atoms. The first-order valence-electron chi connectivity index (χ1n) is 5.71. The molecule has 0 amide bonds. The Kier molecular flexibility index (Phi) is 3.93. The van der Waals surface area contributed by atoms with Crippen molar-refractivity contribution in [1.82, 2.24) is 0 Å². The Bertz CT molecular complexity index is 381. The summed E-state index contributed by atoms with van der Waals surface area (Å²) in [6, 6.07) is 4.28. The fourth-order valence-corrected chi connectivity index (χ4v) is 1.93. The Balaban J connectivity index is 2.17. The van der Waals surface area contributed by atoms with Crippen molar-refractivity contribution in [2.75, 3.05) is 37.8 Å². The van der Waals surface area contributed by atoms with Gasteiger partial charge in [0, 0.05) is 24.3 Å². The third-order valence-electron chi connectivity index (χ3n) is 2.96. The fraction of sp³-hybridized carbons (Fsp3) is 0.500. The maximum absolute atomic E-state index is 13.8. The van der Waals surface area contributed by atoms with E-state index in [4.69, 9.17) is 15.6 Å². The molecule has 0 aromatic heterocycles. The second-order valence-electron chi connectivity index (χ2n) is 4.09. The number of aliphatic hydroxyl groups is 1. The Hall–Kier alpha value is -1.17. The number of hydrogen-bond donors (Lipinski definition) is 2. The molecule has 1 aliphatic rings. The van der Waals surface area contributed by atoms with E-state index in [2.05, 4.69) is 4.90 Å². The highest BCUT2D eigenvalue weighted by molar-refractivity contribution is 5.49. The van der Waals surface area contributed by atoms with Crippen LogP contribution in [-0.2, 0) is 4.74 Å². The SMILES string of the molecule is N[C@H](CO)c1ccc(N2CCOCC2)cc1F. The minimum absolute atomic E-state index is 0.256. The van der Waals surface area contributed by atoms with Gasteiger partial charge in [-0.1, -0.05) is 6.07 Å². The molecule has 17 heavy (non-hydrogen) atoms. The van der Waals surface area contributed by atoms with E-state index in [0.717, 1.165) is 18.8 Å². The summed E-state index contributed by atoms with van der Waals surface area (Å²) in [5, 5.41) is 8.91. The van der Waals surface area contributed by atoms with Crippen LogP contribution in [0.1, 0.15) is 11.6 Å². The smallest absolute Gasteiger partial charge is 0.130 e. The summed E-state index contributed by atoms with van der Waals surface area (Å²) in [5.74, 6) is -0.365. The molecular weight excluding hydrogens is 223 g/mol. The molecule has 1 aromatic rings. The highest BCUT2D eigenvalue weighted by Crippen LogP contribution is 2.22. The van der Waals surface area contributed by atoms with Crippen LogP contribution in [0.25, 0.3) is 0 Å². The van der Waals surface area contributed by atoms with E-state index in [1.54, 1.807) is 6.07 Å². The molecule has 0 saturated carbocycles. The van der Waals surface area contributed by atoms with Crippen LogP contribution in [0.5, 0.6) is 0 Å². The van der Waals surface area contributed by atoms with Gasteiger partial charge in [0.2, 0.25) is 0 Å². The number of aliphatic hydroxyl groups excluding tert-OH is 1. The number of rotatable bonds is 3. The van der Waals surface area contributed by atoms with Crippen LogP contribution in [0.2, 0.25) is 0 Å². The van der Waals surface area contributed by atoms with E-state index in [-0.39, 0.29) is 12.4 Å². The molecule has 1 aromatic carbocycles. The van der Waals surface area contributed by atoms with Gasteiger partial charge in [0.05, 0.1) is 25.9 Å². The van der Waals surface area contributed by atoms with Crippen molar-refractivity contribution in [3.8, 4) is 0 Å². The number of nitrogens with two attached hydrogens (primary N) is 1. The lowest BCUT2D eigenvalue weighted by Gasteiger charge is -2.29. The number of hydrogen-bond acceptors (Lipinski definition) is 4. The van der Waals surface area contributed by atoms with E-state index in [0.29, 0.717) is 18.8 Å². The second kappa shape index (κ2) is 5.44. The Morgan fingerprint density at radius 3 is 2.71 bits per heavy atom. The van der Waals surface area contributed by atoms with E-state index < -0.39 is 6.04 Å². The van der Waals surface area contributed by atoms with E-state index in [1.807, 2.05) is 6.07 Å². The standard InChI is InChI=1S/C12H17FN2O2/c13-11-7-9(15-3-5-17-6-4-15)1-2-10(11)12(14)8-16/h1-2,7,12,16H,3-6,8,14H2/t12-/m1/s1. The van der Waals surface area contributed by atoms with Crippen LogP contribution >= 0.6 is 0 Å². The Morgan fingerprint density at radius 2 is 2.12 bits per heavy atom. The van der Waals surface area contributed by atoms with E-state index >= 15 is 0 Å². The minimum atomic E-state index is -0.659. The average molecular weight is 240 g/mol. The highest BCUT2D eigenvalue weighted by Gasteiger charge is 2.15. The maximum atomic E-state index is 13.8. The van der Waals surface area contributed by atoms with Crippen molar-refractivity contribution >= 4 is 5.69 Å². The molecule has 1 heterocycles. The normalized spacial score (nSPS) is 18.2. The van der Waals surface area contributed by atoms with Crippen LogP contribution in [0.3, 0.4) is 0 Å². The molecule has 1 fully saturated rings. The molecule has 0 radical (unpaired) electrons. The lowest BCUT2D eigenvalue weighted by Crippen LogP contribution is -2.36. The van der Waals surface area contributed by atoms with Crippen LogP contribution in [0.15, 0.2) is 18.2 Å². The van der Waals surface area contributed by atoms with Crippen molar-refractivity contribution in [3.05, 3.63) is 29.6 Å². The highest BCUT2D eigenvalue weighted by atomic mass is 19.1. The number of halogens is 1. The maximum Gasteiger partial charge on any atom is 0.130 e. The van der Waals surface area contributed by atoms with Crippen LogP contribution < -0.4 is 10.6 Å². The van der Waals surface area contributed by atoms with Gasteiger partial charge in [-0.15, -0.1) is 0 Å². The predicted octanol–water partition coefficient (Wildman–Crippen LogP) is 0.654. The minimum Gasteiger partial charge on any atom is -0.394 e. The summed E-state index contributed by atoms with van der Waals surface area (Å²) in [7, 11) is 0. The summed E-state index contributed by atoms with van der Waals surface area (Å²) < 4.78 is 19.0. The quantitative estimate of drug-likeness (QED) is 0.814. The van der Waals surface area contributed by atoms with Crippen molar-refractivity contribution < 1.29 is 14.2 Å². The molecule has 3 N–H and O–H groups in total. The van der Waals surface area contributed by atoms with Gasteiger partial charge in [-0.3, -0.25) is 0 Å². The van der Waals surface area contributed by atoms with Crippen LogP contribution in [0, 0.1) is 5.82 Å². The Labute approximate surface area is 99.8 Å². The fourth-order valence-electron chi connectivity index (χ4n) is 1.93. The van der Waals surface area contributed by atoms with Gasteiger partial charge in [-0.2, -0.15) is 0 Å². The van der Waals surface area contributed by atoms with Gasteiger partial charge in [0.1, 0.15) is 5.82 Å². The largest absolute Gasteiger partial charge is 0.394 e. The van der Waals surface area contributed by atoms with Gasteiger partial charge >= 0.3 is 0 Å². The monoisotopic (exact) mass is 240 g/mol. The zero-order valence-corrected chi connectivity index (χ0v) is 9.60. The summed E-state index contributed by atoms with van der Waals surface area (Å²) in [6.45, 7) is 2.61. The lowest BCUT2D eigenvalue weighted by atomic mass is 10.1. The lowest BCUT2D eigenvalue weighted by molar-refractivity contribution is 0.122. The second-order valence-corrected chi connectivity index (χ2v) is 4.09. The number of nitrogens with zero attached hydrogens (tertiary/aromatic N) is 1. The van der Waals surface area contributed by atoms with Gasteiger partial charge in [0.15, 0.2) is 0 Å². The predicted molar refractivity (Wildman–Crippen MR) is 63.4 cm³/mol. The van der Waals surface area contributed by atoms with Crippen LogP contribution in [0.4, 0.5) is 10.1 Å². The molecule has 94 valence electrons. The average Bonchev–Trinajstić information content (AvgIpc) is 2.39. The summed E-state index contributed by atoms with van der Waals surface area (Å²) >= 11 is 0. The zero-order valence-electron chi connectivity index (χ0n) is 9.60. The molecule has 1 aliphatic heterocycles. The van der Waals surface area contributed by atoms with Gasteiger partial charge in [-0.25, -0.2) is 4.39 Å². The number of morpholine rings is 1. The van der Waals surface area contributed by atoms with Crippen molar-refractivity contribution in [3.63, 3.8) is 0 Å². The van der Waals surface area contributed by atoms with E-state index in [9.17, 15) is 4.39 Å².